The highest BCUT2D eigenvalue weighted by molar-refractivity contribution is 14.0. The number of halogens is 1. The van der Waals surface area contributed by atoms with Gasteiger partial charge in [0.2, 0.25) is 0 Å². The van der Waals surface area contributed by atoms with Crippen molar-refractivity contribution in [3.05, 3.63) is 29.8 Å². The minimum atomic E-state index is 0. The zero-order valence-electron chi connectivity index (χ0n) is 14.1. The van der Waals surface area contributed by atoms with Crippen LogP contribution in [0.5, 0.6) is 5.75 Å². The molecule has 1 rings (SSSR count). The van der Waals surface area contributed by atoms with Crippen LogP contribution in [0, 0.1) is 0 Å². The number of ether oxygens (including phenoxy) is 1. The fourth-order valence-corrected chi connectivity index (χ4v) is 1.93. The third kappa shape index (κ3) is 7.58. The molecule has 22 heavy (non-hydrogen) atoms. The molecule has 1 aromatic carbocycles. The first-order chi connectivity index (χ1) is 10.0. The Balaban J connectivity index is 0.00000441. The molecule has 0 unspecified atom stereocenters. The van der Waals surface area contributed by atoms with Crippen molar-refractivity contribution in [3.8, 4) is 5.75 Å². The SMILES string of the molecule is CCOc1ccccc1CNC(=NC)NCC(C)(C)SC.I. The molecule has 0 heterocycles. The molecule has 0 spiro atoms. The Bertz CT molecular complexity index is 466. The highest BCUT2D eigenvalue weighted by Gasteiger charge is 2.16. The first kappa shape index (κ1) is 21.4. The Labute approximate surface area is 155 Å². The van der Waals surface area contributed by atoms with Crippen LogP contribution >= 0.6 is 35.7 Å². The molecule has 1 aromatic rings. The summed E-state index contributed by atoms with van der Waals surface area (Å²) in [5.41, 5.74) is 1.13. The number of thioether (sulfide) groups is 1. The maximum atomic E-state index is 5.63. The van der Waals surface area contributed by atoms with Crippen molar-refractivity contribution < 1.29 is 4.74 Å². The van der Waals surface area contributed by atoms with Gasteiger partial charge in [-0.2, -0.15) is 11.8 Å². The predicted molar refractivity (Wildman–Crippen MR) is 109 cm³/mol. The Morgan fingerprint density at radius 1 is 1.27 bits per heavy atom. The fourth-order valence-electron chi connectivity index (χ4n) is 1.71. The van der Waals surface area contributed by atoms with E-state index >= 15 is 0 Å². The zero-order chi connectivity index (χ0) is 15.7. The summed E-state index contributed by atoms with van der Waals surface area (Å²) in [4.78, 5) is 4.26. The van der Waals surface area contributed by atoms with Gasteiger partial charge in [-0.25, -0.2) is 0 Å². The minimum absolute atomic E-state index is 0. The van der Waals surface area contributed by atoms with Crippen molar-refractivity contribution >= 4 is 41.7 Å². The number of hydrogen-bond donors (Lipinski definition) is 2. The highest BCUT2D eigenvalue weighted by atomic mass is 127. The number of para-hydroxylation sites is 1. The summed E-state index contributed by atoms with van der Waals surface area (Å²) >= 11 is 1.84. The monoisotopic (exact) mass is 437 g/mol. The molecule has 0 radical (unpaired) electrons. The molecule has 126 valence electrons. The summed E-state index contributed by atoms with van der Waals surface area (Å²) in [5.74, 6) is 1.73. The topological polar surface area (TPSA) is 45.6 Å². The summed E-state index contributed by atoms with van der Waals surface area (Å²) in [6, 6.07) is 8.07. The number of benzene rings is 1. The van der Waals surface area contributed by atoms with Crippen LogP contribution in [0.25, 0.3) is 0 Å². The van der Waals surface area contributed by atoms with Gasteiger partial charge in [0.25, 0.3) is 0 Å². The second-order valence-electron chi connectivity index (χ2n) is 5.28. The largest absolute Gasteiger partial charge is 0.494 e. The van der Waals surface area contributed by atoms with Crippen molar-refractivity contribution in [3.63, 3.8) is 0 Å². The molecular formula is C16H28IN3OS. The average molecular weight is 437 g/mol. The lowest BCUT2D eigenvalue weighted by atomic mass is 10.2. The van der Waals surface area contributed by atoms with E-state index in [0.717, 1.165) is 23.8 Å². The van der Waals surface area contributed by atoms with Crippen molar-refractivity contribution in [1.82, 2.24) is 10.6 Å². The van der Waals surface area contributed by atoms with E-state index in [2.05, 4.69) is 41.8 Å². The van der Waals surface area contributed by atoms with Crippen LogP contribution in [0.3, 0.4) is 0 Å². The Morgan fingerprint density at radius 2 is 1.95 bits per heavy atom. The maximum Gasteiger partial charge on any atom is 0.191 e. The van der Waals surface area contributed by atoms with Gasteiger partial charge in [0.05, 0.1) is 6.61 Å². The molecule has 4 nitrogen and oxygen atoms in total. The zero-order valence-corrected chi connectivity index (χ0v) is 17.2. The van der Waals surface area contributed by atoms with Crippen LogP contribution in [-0.4, -0.2) is 37.2 Å². The van der Waals surface area contributed by atoms with Crippen LogP contribution in [0.4, 0.5) is 0 Å². The van der Waals surface area contributed by atoms with E-state index in [1.807, 2.05) is 36.9 Å². The Morgan fingerprint density at radius 3 is 2.55 bits per heavy atom. The Kier molecular flexibility index (Phi) is 10.7. The predicted octanol–water partition coefficient (Wildman–Crippen LogP) is 3.51. The number of hydrogen-bond acceptors (Lipinski definition) is 3. The van der Waals surface area contributed by atoms with Gasteiger partial charge in [0.15, 0.2) is 5.96 Å². The van der Waals surface area contributed by atoms with Crippen molar-refractivity contribution in [2.24, 2.45) is 4.99 Å². The second kappa shape index (κ2) is 11.0. The number of rotatable bonds is 7. The lowest BCUT2D eigenvalue weighted by Gasteiger charge is -2.24. The number of nitrogens with zero attached hydrogens (tertiary/aromatic N) is 1. The van der Waals surface area contributed by atoms with E-state index in [1.165, 1.54) is 0 Å². The Hall–Kier alpha value is -0.630. The molecule has 0 atom stereocenters. The van der Waals surface area contributed by atoms with Gasteiger partial charge in [-0.1, -0.05) is 18.2 Å². The van der Waals surface area contributed by atoms with Crippen LogP contribution in [0.2, 0.25) is 0 Å². The molecule has 0 aliphatic heterocycles. The number of guanidine groups is 1. The summed E-state index contributed by atoms with van der Waals surface area (Å²) < 4.78 is 5.81. The van der Waals surface area contributed by atoms with Gasteiger partial charge < -0.3 is 15.4 Å². The van der Waals surface area contributed by atoms with Gasteiger partial charge in [-0.3, -0.25) is 4.99 Å². The van der Waals surface area contributed by atoms with E-state index in [4.69, 9.17) is 4.74 Å². The van der Waals surface area contributed by atoms with Gasteiger partial charge in [0.1, 0.15) is 5.75 Å². The van der Waals surface area contributed by atoms with Crippen molar-refractivity contribution in [1.29, 1.82) is 0 Å². The van der Waals surface area contributed by atoms with Gasteiger partial charge >= 0.3 is 0 Å². The smallest absolute Gasteiger partial charge is 0.191 e. The molecule has 0 bridgehead atoms. The highest BCUT2D eigenvalue weighted by Crippen LogP contribution is 2.19. The van der Waals surface area contributed by atoms with Gasteiger partial charge in [-0.05, 0) is 33.1 Å². The number of nitrogens with one attached hydrogen (secondary N) is 2. The van der Waals surface area contributed by atoms with Gasteiger partial charge in [-0.15, -0.1) is 24.0 Å². The van der Waals surface area contributed by atoms with Crippen molar-refractivity contribution in [2.75, 3.05) is 26.5 Å². The fraction of sp³-hybridized carbons (Fsp3) is 0.562. The molecule has 0 aromatic heterocycles. The number of aliphatic imine (C=N–C) groups is 1. The van der Waals surface area contributed by atoms with Gasteiger partial charge in [0, 0.05) is 30.4 Å². The lowest BCUT2D eigenvalue weighted by molar-refractivity contribution is 0.336. The molecule has 0 amide bonds. The molecule has 0 aliphatic rings. The third-order valence-electron chi connectivity index (χ3n) is 3.18. The molecule has 0 saturated carbocycles. The molecule has 2 N–H and O–H groups in total. The summed E-state index contributed by atoms with van der Waals surface area (Å²) in [7, 11) is 1.79. The minimum Gasteiger partial charge on any atom is -0.494 e. The van der Waals surface area contributed by atoms with E-state index in [-0.39, 0.29) is 28.7 Å². The summed E-state index contributed by atoms with van der Waals surface area (Å²) in [6.45, 7) is 8.64. The second-order valence-corrected chi connectivity index (χ2v) is 6.80. The van der Waals surface area contributed by atoms with E-state index < -0.39 is 0 Å². The third-order valence-corrected chi connectivity index (χ3v) is 4.43. The van der Waals surface area contributed by atoms with Crippen molar-refractivity contribution in [2.45, 2.75) is 32.1 Å². The van der Waals surface area contributed by atoms with Crippen LogP contribution in [0.15, 0.2) is 29.3 Å². The molecule has 0 aliphatic carbocycles. The summed E-state index contributed by atoms with van der Waals surface area (Å²) in [5, 5.41) is 6.69. The first-order valence-corrected chi connectivity index (χ1v) is 8.45. The van der Waals surface area contributed by atoms with E-state index in [0.29, 0.717) is 13.2 Å². The molecular weight excluding hydrogens is 409 g/mol. The average Bonchev–Trinajstić information content (AvgIpc) is 2.49. The van der Waals surface area contributed by atoms with Crippen LogP contribution in [0.1, 0.15) is 26.3 Å². The quantitative estimate of drug-likeness (QED) is 0.390. The lowest BCUT2D eigenvalue weighted by Crippen LogP contribution is -2.43. The molecule has 0 saturated heterocycles. The standard InChI is InChI=1S/C16H27N3OS.HI/c1-6-20-14-10-8-7-9-13(14)11-18-15(17-4)19-12-16(2,3)21-5;/h7-10H,6,11-12H2,1-5H3,(H2,17,18,19);1H. The molecule has 6 heteroatoms. The summed E-state index contributed by atoms with van der Waals surface area (Å²) in [6.07, 6.45) is 2.12. The maximum absolute atomic E-state index is 5.63. The molecule has 0 fully saturated rings. The first-order valence-electron chi connectivity index (χ1n) is 7.22. The van der Waals surface area contributed by atoms with Crippen LogP contribution < -0.4 is 15.4 Å². The van der Waals surface area contributed by atoms with E-state index in [1.54, 1.807) is 7.05 Å². The normalized spacial score (nSPS) is 11.6. The van der Waals surface area contributed by atoms with E-state index in [9.17, 15) is 0 Å². The van der Waals surface area contributed by atoms with Crippen LogP contribution in [-0.2, 0) is 6.54 Å².